The smallest absolute Gasteiger partial charge is 0.342 e. The number of rotatable bonds is 3. The van der Waals surface area contributed by atoms with Gasteiger partial charge in [-0.25, -0.2) is 9.37 Å². The number of fused-ring (bicyclic) bond motifs is 2. The summed E-state index contributed by atoms with van der Waals surface area (Å²) >= 11 is 0. The van der Waals surface area contributed by atoms with Gasteiger partial charge in [0.2, 0.25) is 0 Å². The molecule has 5 rings (SSSR count). The van der Waals surface area contributed by atoms with Gasteiger partial charge in [-0.2, -0.15) is 13.2 Å². The van der Waals surface area contributed by atoms with Crippen molar-refractivity contribution in [1.29, 1.82) is 0 Å². The zero-order valence-corrected chi connectivity index (χ0v) is 17.6. The van der Waals surface area contributed by atoms with E-state index in [0.717, 1.165) is 60.1 Å². The van der Waals surface area contributed by atoms with Crippen LogP contribution in [0.1, 0.15) is 61.4 Å². The molecule has 0 amide bonds. The molecule has 0 saturated heterocycles. The first kappa shape index (κ1) is 20.9. The van der Waals surface area contributed by atoms with E-state index in [-0.39, 0.29) is 11.7 Å². The first-order valence-corrected chi connectivity index (χ1v) is 10.9. The molecule has 2 heterocycles. The van der Waals surface area contributed by atoms with Crippen molar-refractivity contribution in [2.45, 2.75) is 50.6 Å². The second kappa shape index (κ2) is 7.87. The van der Waals surface area contributed by atoms with E-state index in [9.17, 15) is 17.6 Å². The third-order valence-electron chi connectivity index (χ3n) is 6.91. The molecule has 2 aromatic carbocycles. The first-order valence-electron chi connectivity index (χ1n) is 10.9. The van der Waals surface area contributed by atoms with Gasteiger partial charge in [0.25, 0.3) is 0 Å². The predicted molar refractivity (Wildman–Crippen MR) is 116 cm³/mol. The maximum absolute atomic E-state index is 13.8. The number of hydrogen-bond donors (Lipinski definition) is 1. The lowest BCUT2D eigenvalue weighted by Crippen LogP contribution is -2.19. The fourth-order valence-electron chi connectivity index (χ4n) is 5.07. The Morgan fingerprint density at radius 2 is 1.72 bits per heavy atom. The third kappa shape index (κ3) is 3.85. The van der Waals surface area contributed by atoms with Crippen LogP contribution in [-0.4, -0.2) is 15.0 Å². The third-order valence-corrected chi connectivity index (χ3v) is 6.91. The van der Waals surface area contributed by atoms with Gasteiger partial charge in [0.15, 0.2) is 0 Å². The second-order valence-electron chi connectivity index (χ2n) is 8.81. The standard InChI is InChI=1S/C25H23F4N3/c1-14(24-31-22-8-6-17(25(27,28)29)12-23(22)32-24)15-2-4-16(5-3-15)19-10-11-30-21-9-7-18(26)13-20(19)21/h6-16H,2-5H2,1H3,(H,31,32). The van der Waals surface area contributed by atoms with E-state index in [1.165, 1.54) is 12.1 Å². The summed E-state index contributed by atoms with van der Waals surface area (Å²) in [4.78, 5) is 12.0. The SMILES string of the molecule is CC(c1nc2ccc(C(F)(F)F)cc2[nH]1)C1CCC(c2ccnc3ccc(F)cc23)CC1. The molecule has 32 heavy (non-hydrogen) atoms. The Balaban J connectivity index is 1.33. The molecule has 3 nitrogen and oxygen atoms in total. The molecule has 0 spiro atoms. The quantitative estimate of drug-likeness (QED) is 0.338. The highest BCUT2D eigenvalue weighted by atomic mass is 19.4. The van der Waals surface area contributed by atoms with Crippen LogP contribution in [0.5, 0.6) is 0 Å². The number of aromatic nitrogens is 3. The highest BCUT2D eigenvalue weighted by Crippen LogP contribution is 2.43. The van der Waals surface area contributed by atoms with Crippen molar-refractivity contribution >= 4 is 21.9 Å². The number of hydrogen-bond acceptors (Lipinski definition) is 2. The van der Waals surface area contributed by atoms with E-state index in [4.69, 9.17) is 0 Å². The molecule has 7 heteroatoms. The van der Waals surface area contributed by atoms with Crippen LogP contribution in [-0.2, 0) is 6.18 Å². The van der Waals surface area contributed by atoms with Crippen LogP contribution >= 0.6 is 0 Å². The van der Waals surface area contributed by atoms with Gasteiger partial charge in [-0.3, -0.25) is 4.98 Å². The highest BCUT2D eigenvalue weighted by Gasteiger charge is 2.32. The maximum atomic E-state index is 13.8. The first-order chi connectivity index (χ1) is 15.3. The number of alkyl halides is 3. The molecule has 0 bridgehead atoms. The highest BCUT2D eigenvalue weighted by molar-refractivity contribution is 5.82. The Hall–Kier alpha value is -2.96. The van der Waals surface area contributed by atoms with Gasteiger partial charge in [-0.05, 0) is 85.5 Å². The van der Waals surface area contributed by atoms with Gasteiger partial charge in [0, 0.05) is 17.5 Å². The monoisotopic (exact) mass is 441 g/mol. The number of nitrogens with one attached hydrogen (secondary N) is 1. The Morgan fingerprint density at radius 1 is 0.969 bits per heavy atom. The second-order valence-corrected chi connectivity index (χ2v) is 8.81. The molecule has 2 aromatic heterocycles. The summed E-state index contributed by atoms with van der Waals surface area (Å²) in [6.07, 6.45) is 1.33. The van der Waals surface area contributed by atoms with Gasteiger partial charge in [0.1, 0.15) is 11.6 Å². The van der Waals surface area contributed by atoms with Crippen LogP contribution in [0.4, 0.5) is 17.6 Å². The zero-order chi connectivity index (χ0) is 22.5. The topological polar surface area (TPSA) is 41.6 Å². The summed E-state index contributed by atoms with van der Waals surface area (Å²) in [5, 5.41) is 0.877. The molecule has 1 aliphatic carbocycles. The van der Waals surface area contributed by atoms with Crippen molar-refractivity contribution in [3.8, 4) is 0 Å². The van der Waals surface area contributed by atoms with Crippen LogP contribution in [0.3, 0.4) is 0 Å². The summed E-state index contributed by atoms with van der Waals surface area (Å²) in [7, 11) is 0. The number of nitrogens with zero attached hydrogens (tertiary/aromatic N) is 2. The lowest BCUT2D eigenvalue weighted by molar-refractivity contribution is -0.137. The van der Waals surface area contributed by atoms with Gasteiger partial charge < -0.3 is 4.98 Å². The molecule has 1 atom stereocenters. The Labute approximate surface area is 182 Å². The summed E-state index contributed by atoms with van der Waals surface area (Å²) in [6.45, 7) is 2.09. The van der Waals surface area contributed by atoms with Gasteiger partial charge in [-0.15, -0.1) is 0 Å². The van der Waals surface area contributed by atoms with E-state index in [0.29, 0.717) is 22.9 Å². The van der Waals surface area contributed by atoms with Crippen molar-refractivity contribution in [3.05, 3.63) is 71.4 Å². The number of halogens is 4. The average Bonchev–Trinajstić information content (AvgIpc) is 3.21. The predicted octanol–water partition coefficient (Wildman–Crippen LogP) is 7.35. The van der Waals surface area contributed by atoms with E-state index >= 15 is 0 Å². The minimum absolute atomic E-state index is 0.115. The number of imidazole rings is 1. The molecule has 1 saturated carbocycles. The van der Waals surface area contributed by atoms with Crippen LogP contribution in [0.15, 0.2) is 48.7 Å². The fraction of sp³-hybridized carbons (Fsp3) is 0.360. The van der Waals surface area contributed by atoms with Gasteiger partial charge in [0.05, 0.1) is 22.1 Å². The van der Waals surface area contributed by atoms with Gasteiger partial charge in [-0.1, -0.05) is 6.92 Å². The van der Waals surface area contributed by atoms with Crippen LogP contribution in [0.2, 0.25) is 0 Å². The molecule has 1 aliphatic rings. The van der Waals surface area contributed by atoms with E-state index in [1.54, 1.807) is 18.3 Å². The summed E-state index contributed by atoms with van der Waals surface area (Å²) < 4.78 is 52.8. The van der Waals surface area contributed by atoms with Crippen molar-refractivity contribution in [2.24, 2.45) is 5.92 Å². The molecule has 0 aliphatic heterocycles. The minimum atomic E-state index is -4.37. The summed E-state index contributed by atoms with van der Waals surface area (Å²) in [6, 6.07) is 10.3. The Kier molecular flexibility index (Phi) is 5.14. The minimum Gasteiger partial charge on any atom is -0.342 e. The molecule has 4 aromatic rings. The number of H-pyrrole nitrogens is 1. The van der Waals surface area contributed by atoms with Crippen molar-refractivity contribution < 1.29 is 17.6 Å². The molecule has 0 radical (unpaired) electrons. The zero-order valence-electron chi connectivity index (χ0n) is 17.6. The number of aromatic amines is 1. The van der Waals surface area contributed by atoms with Crippen molar-refractivity contribution in [3.63, 3.8) is 0 Å². The van der Waals surface area contributed by atoms with Crippen molar-refractivity contribution in [1.82, 2.24) is 15.0 Å². The van der Waals surface area contributed by atoms with E-state index in [1.807, 2.05) is 6.07 Å². The summed E-state index contributed by atoms with van der Waals surface area (Å²) in [5.74, 6) is 1.32. The molecule has 1 fully saturated rings. The van der Waals surface area contributed by atoms with Crippen LogP contribution in [0.25, 0.3) is 21.9 Å². The average molecular weight is 441 g/mol. The Bertz CT molecular complexity index is 1270. The largest absolute Gasteiger partial charge is 0.416 e. The molecule has 166 valence electrons. The summed E-state index contributed by atoms with van der Waals surface area (Å²) in [5.41, 5.74) is 2.25. The van der Waals surface area contributed by atoms with Crippen LogP contribution < -0.4 is 0 Å². The fourth-order valence-corrected chi connectivity index (χ4v) is 5.07. The molecular weight excluding hydrogens is 418 g/mol. The lowest BCUT2D eigenvalue weighted by atomic mass is 9.73. The molecule has 1 unspecified atom stereocenters. The molecule has 1 N–H and O–H groups in total. The number of benzene rings is 2. The lowest BCUT2D eigenvalue weighted by Gasteiger charge is -2.32. The number of pyridine rings is 1. The Morgan fingerprint density at radius 3 is 2.47 bits per heavy atom. The molecular formula is C25H23F4N3. The van der Waals surface area contributed by atoms with E-state index in [2.05, 4.69) is 21.9 Å². The van der Waals surface area contributed by atoms with E-state index < -0.39 is 11.7 Å². The van der Waals surface area contributed by atoms with Gasteiger partial charge >= 0.3 is 6.18 Å². The maximum Gasteiger partial charge on any atom is 0.416 e. The normalized spacial score (nSPS) is 20.7. The van der Waals surface area contributed by atoms with Crippen molar-refractivity contribution in [2.75, 3.05) is 0 Å². The van der Waals surface area contributed by atoms with Crippen LogP contribution in [0, 0.1) is 11.7 Å².